The second-order valence-corrected chi connectivity index (χ2v) is 4.48. The van der Waals surface area contributed by atoms with Gasteiger partial charge in [-0.3, -0.25) is 9.78 Å². The van der Waals surface area contributed by atoms with Gasteiger partial charge in [0, 0.05) is 25.5 Å². The first-order valence-corrected chi connectivity index (χ1v) is 5.76. The van der Waals surface area contributed by atoms with Gasteiger partial charge in [-0.25, -0.2) is 4.79 Å². The first kappa shape index (κ1) is 12.3. The Kier molecular flexibility index (Phi) is 3.45. The molecule has 1 aromatic heterocycles. The highest BCUT2D eigenvalue weighted by Gasteiger charge is 2.50. The van der Waals surface area contributed by atoms with Crippen LogP contribution in [0.5, 0.6) is 0 Å². The molecule has 0 aromatic carbocycles. The Morgan fingerprint density at radius 3 is 2.72 bits per heavy atom. The molecule has 96 valence electrons. The molecule has 3 N–H and O–H groups in total. The fourth-order valence-electron chi connectivity index (χ4n) is 1.61. The molecule has 0 bridgehead atoms. The summed E-state index contributed by atoms with van der Waals surface area (Å²) in [5.41, 5.74) is 0.165. The minimum absolute atomic E-state index is 0.182. The summed E-state index contributed by atoms with van der Waals surface area (Å²) in [5, 5.41) is 14.2. The van der Waals surface area contributed by atoms with E-state index in [0.29, 0.717) is 19.4 Å². The molecule has 1 aromatic rings. The number of nitrogens with zero attached hydrogens (tertiary/aromatic N) is 1. The SMILES string of the molecule is O=C(NCc1cccnc1)NCC1(C(=O)O)CC1. The Hall–Kier alpha value is -2.11. The van der Waals surface area contributed by atoms with Gasteiger partial charge >= 0.3 is 12.0 Å². The molecule has 0 radical (unpaired) electrons. The van der Waals surface area contributed by atoms with Gasteiger partial charge in [0.2, 0.25) is 0 Å². The monoisotopic (exact) mass is 249 g/mol. The third-order valence-electron chi connectivity index (χ3n) is 3.07. The Morgan fingerprint density at radius 1 is 1.39 bits per heavy atom. The highest BCUT2D eigenvalue weighted by atomic mass is 16.4. The van der Waals surface area contributed by atoms with Crippen LogP contribution in [-0.4, -0.2) is 28.6 Å². The van der Waals surface area contributed by atoms with Gasteiger partial charge in [-0.05, 0) is 24.5 Å². The molecule has 1 heterocycles. The highest BCUT2D eigenvalue weighted by molar-refractivity contribution is 5.80. The zero-order valence-corrected chi connectivity index (χ0v) is 9.85. The van der Waals surface area contributed by atoms with Crippen LogP contribution < -0.4 is 10.6 Å². The van der Waals surface area contributed by atoms with Crippen molar-refractivity contribution in [2.75, 3.05) is 6.54 Å². The number of carbonyl (C=O) groups is 2. The number of carboxylic acids is 1. The smallest absolute Gasteiger partial charge is 0.315 e. The molecule has 1 aliphatic rings. The van der Waals surface area contributed by atoms with Crippen LogP contribution >= 0.6 is 0 Å². The number of amides is 2. The number of nitrogens with one attached hydrogen (secondary N) is 2. The van der Waals surface area contributed by atoms with Crippen LogP contribution in [0.3, 0.4) is 0 Å². The molecule has 6 heteroatoms. The van der Waals surface area contributed by atoms with E-state index in [1.54, 1.807) is 18.5 Å². The van der Waals surface area contributed by atoms with Gasteiger partial charge in [0.15, 0.2) is 0 Å². The van der Waals surface area contributed by atoms with Gasteiger partial charge in [-0.1, -0.05) is 6.07 Å². The fourth-order valence-corrected chi connectivity index (χ4v) is 1.61. The van der Waals surface area contributed by atoms with Crippen molar-refractivity contribution in [2.24, 2.45) is 5.41 Å². The third kappa shape index (κ3) is 2.97. The maximum absolute atomic E-state index is 11.5. The standard InChI is InChI=1S/C12H15N3O3/c16-10(17)12(3-4-12)8-15-11(18)14-7-9-2-1-5-13-6-9/h1-2,5-6H,3-4,7-8H2,(H,16,17)(H2,14,15,18). The van der Waals surface area contributed by atoms with Crippen molar-refractivity contribution in [3.63, 3.8) is 0 Å². The molecule has 6 nitrogen and oxygen atoms in total. The van der Waals surface area contributed by atoms with Crippen molar-refractivity contribution < 1.29 is 14.7 Å². The number of hydrogen-bond acceptors (Lipinski definition) is 3. The molecule has 0 saturated heterocycles. The zero-order valence-electron chi connectivity index (χ0n) is 9.85. The van der Waals surface area contributed by atoms with Gasteiger partial charge < -0.3 is 15.7 Å². The summed E-state index contributed by atoms with van der Waals surface area (Å²) in [4.78, 5) is 26.3. The quantitative estimate of drug-likeness (QED) is 0.718. The minimum atomic E-state index is -0.838. The van der Waals surface area contributed by atoms with Gasteiger partial charge in [-0.15, -0.1) is 0 Å². The van der Waals surface area contributed by atoms with Crippen LogP contribution in [0, 0.1) is 5.41 Å². The second-order valence-electron chi connectivity index (χ2n) is 4.48. The Balaban J connectivity index is 1.72. The molecule has 0 unspecified atom stereocenters. The highest BCUT2D eigenvalue weighted by Crippen LogP contribution is 2.45. The molecule has 0 spiro atoms. The lowest BCUT2D eigenvalue weighted by Gasteiger charge is -2.11. The van der Waals surface area contributed by atoms with Crippen LogP contribution in [0.4, 0.5) is 4.79 Å². The van der Waals surface area contributed by atoms with Gasteiger partial charge in [0.05, 0.1) is 5.41 Å². The summed E-state index contributed by atoms with van der Waals surface area (Å²) in [6.07, 6.45) is 4.59. The largest absolute Gasteiger partial charge is 0.481 e. The first-order valence-electron chi connectivity index (χ1n) is 5.76. The van der Waals surface area contributed by atoms with Crippen LogP contribution in [0.25, 0.3) is 0 Å². The Morgan fingerprint density at radius 2 is 2.17 bits per heavy atom. The number of aromatic nitrogens is 1. The van der Waals surface area contributed by atoms with Crippen molar-refractivity contribution in [3.05, 3.63) is 30.1 Å². The molecule has 18 heavy (non-hydrogen) atoms. The molecule has 1 saturated carbocycles. The Labute approximate surface area is 104 Å². The number of hydrogen-bond donors (Lipinski definition) is 3. The third-order valence-corrected chi connectivity index (χ3v) is 3.07. The summed E-state index contributed by atoms with van der Waals surface area (Å²) >= 11 is 0. The number of pyridine rings is 1. The maximum atomic E-state index is 11.5. The lowest BCUT2D eigenvalue weighted by Crippen LogP contribution is -2.40. The normalized spacial score (nSPS) is 15.8. The molecular formula is C12H15N3O3. The number of rotatable bonds is 5. The first-order chi connectivity index (χ1) is 8.62. The van der Waals surface area contributed by atoms with Crippen molar-refractivity contribution >= 4 is 12.0 Å². The predicted molar refractivity (Wildman–Crippen MR) is 63.8 cm³/mol. The lowest BCUT2D eigenvalue weighted by molar-refractivity contribution is -0.143. The summed E-state index contributed by atoms with van der Waals surface area (Å²) < 4.78 is 0. The van der Waals surface area contributed by atoms with Crippen molar-refractivity contribution in [1.82, 2.24) is 15.6 Å². The van der Waals surface area contributed by atoms with E-state index >= 15 is 0 Å². The van der Waals surface area contributed by atoms with Crippen LogP contribution in [0.15, 0.2) is 24.5 Å². The summed E-state index contributed by atoms with van der Waals surface area (Å²) in [6.45, 7) is 0.556. The second kappa shape index (κ2) is 5.03. The van der Waals surface area contributed by atoms with Crippen molar-refractivity contribution in [1.29, 1.82) is 0 Å². The number of urea groups is 1. The average molecular weight is 249 g/mol. The molecule has 2 amide bonds. The number of aliphatic carboxylic acids is 1. The molecule has 1 aliphatic carbocycles. The van der Waals surface area contributed by atoms with E-state index in [2.05, 4.69) is 15.6 Å². The summed E-state index contributed by atoms with van der Waals surface area (Å²) in [5.74, 6) is -0.838. The number of carboxylic acid groups (broad SMARTS) is 1. The summed E-state index contributed by atoms with van der Waals surface area (Å²) in [6, 6.07) is 3.29. The molecule has 0 aliphatic heterocycles. The van der Waals surface area contributed by atoms with Gasteiger partial charge in [-0.2, -0.15) is 0 Å². The summed E-state index contributed by atoms with van der Waals surface area (Å²) in [7, 11) is 0. The van der Waals surface area contributed by atoms with E-state index in [-0.39, 0.29) is 12.6 Å². The van der Waals surface area contributed by atoms with E-state index in [9.17, 15) is 9.59 Å². The van der Waals surface area contributed by atoms with Crippen LogP contribution in [-0.2, 0) is 11.3 Å². The fraction of sp³-hybridized carbons (Fsp3) is 0.417. The topological polar surface area (TPSA) is 91.3 Å². The van der Waals surface area contributed by atoms with Gasteiger partial charge in [0.1, 0.15) is 0 Å². The average Bonchev–Trinajstić information content (AvgIpc) is 3.16. The predicted octanol–water partition coefficient (Wildman–Crippen LogP) is 0.746. The molecular weight excluding hydrogens is 234 g/mol. The van der Waals surface area contributed by atoms with E-state index < -0.39 is 11.4 Å². The zero-order chi connectivity index (χ0) is 13.0. The van der Waals surface area contributed by atoms with E-state index in [1.165, 1.54) is 0 Å². The maximum Gasteiger partial charge on any atom is 0.315 e. The molecule has 2 rings (SSSR count). The van der Waals surface area contributed by atoms with E-state index in [0.717, 1.165) is 5.56 Å². The van der Waals surface area contributed by atoms with E-state index in [4.69, 9.17) is 5.11 Å². The van der Waals surface area contributed by atoms with Crippen molar-refractivity contribution in [2.45, 2.75) is 19.4 Å². The molecule has 0 atom stereocenters. The van der Waals surface area contributed by atoms with Gasteiger partial charge in [0.25, 0.3) is 0 Å². The lowest BCUT2D eigenvalue weighted by atomic mass is 10.1. The minimum Gasteiger partial charge on any atom is -0.481 e. The molecule has 1 fully saturated rings. The van der Waals surface area contributed by atoms with Crippen molar-refractivity contribution in [3.8, 4) is 0 Å². The number of carbonyl (C=O) groups excluding carboxylic acids is 1. The van der Waals surface area contributed by atoms with Crippen LogP contribution in [0.1, 0.15) is 18.4 Å². The van der Waals surface area contributed by atoms with Crippen LogP contribution in [0.2, 0.25) is 0 Å². The van der Waals surface area contributed by atoms with E-state index in [1.807, 2.05) is 6.07 Å². The Bertz CT molecular complexity index is 443.